The summed E-state index contributed by atoms with van der Waals surface area (Å²) in [6.07, 6.45) is 2.79. The second-order valence-corrected chi connectivity index (χ2v) is 10.8. The lowest BCUT2D eigenvalue weighted by Crippen LogP contribution is -2.62. The van der Waals surface area contributed by atoms with Crippen molar-refractivity contribution in [2.45, 2.75) is 76.1 Å². The normalized spacial score (nSPS) is 31.0. The zero-order valence-corrected chi connectivity index (χ0v) is 20.1. The van der Waals surface area contributed by atoms with Crippen molar-refractivity contribution >= 4 is 29.4 Å². The van der Waals surface area contributed by atoms with Gasteiger partial charge in [-0.3, -0.25) is 9.69 Å². The van der Waals surface area contributed by atoms with Crippen molar-refractivity contribution in [3.63, 3.8) is 0 Å². The van der Waals surface area contributed by atoms with Gasteiger partial charge < -0.3 is 25.8 Å². The molecule has 3 heterocycles. The minimum absolute atomic E-state index is 0.00157. The van der Waals surface area contributed by atoms with Crippen LogP contribution in [0.1, 0.15) is 45.1 Å². The number of anilines is 1. The number of amides is 3. The van der Waals surface area contributed by atoms with Gasteiger partial charge in [-0.15, -0.1) is 0 Å². The Bertz CT molecular complexity index is 997. The van der Waals surface area contributed by atoms with Crippen LogP contribution in [-0.4, -0.2) is 53.3 Å². The van der Waals surface area contributed by atoms with E-state index >= 15 is 0 Å². The highest BCUT2D eigenvalue weighted by molar-refractivity contribution is 8.04. The second-order valence-electron chi connectivity index (χ2n) is 9.61. The number of carbonyl (C=O) groups excluding carboxylic acids is 2. The lowest BCUT2D eigenvalue weighted by molar-refractivity contribution is -0.118. The summed E-state index contributed by atoms with van der Waals surface area (Å²) >= 11 is 1.49. The predicted octanol–water partition coefficient (Wildman–Crippen LogP) is 2.60. The van der Waals surface area contributed by atoms with Gasteiger partial charge in [0.25, 0.3) is 5.91 Å². The van der Waals surface area contributed by atoms with E-state index in [1.54, 1.807) is 0 Å². The smallest absolute Gasteiger partial charge is 0.326 e. The van der Waals surface area contributed by atoms with Crippen molar-refractivity contribution in [1.82, 2.24) is 16.0 Å². The molecule has 1 saturated carbocycles. The van der Waals surface area contributed by atoms with Crippen LogP contribution in [0, 0.1) is 12.8 Å². The molecular formula is C24H32N4O4S. The summed E-state index contributed by atoms with van der Waals surface area (Å²) in [4.78, 5) is 28.9. The number of aryl methyl sites for hydroxylation is 1. The summed E-state index contributed by atoms with van der Waals surface area (Å²) in [5, 5.41) is 19.7. The van der Waals surface area contributed by atoms with Crippen LogP contribution < -0.4 is 25.6 Å². The molecule has 9 heteroatoms. The number of thioether (sulfide) groups is 1. The molecule has 3 amide bonds. The molecule has 2 saturated heterocycles. The molecule has 4 aliphatic rings. The number of nitrogens with one attached hydrogen (secondary N) is 3. The highest BCUT2D eigenvalue weighted by Crippen LogP contribution is 2.48. The highest BCUT2D eigenvalue weighted by atomic mass is 32.2. The van der Waals surface area contributed by atoms with Crippen molar-refractivity contribution in [1.29, 1.82) is 0 Å². The Balaban J connectivity index is 1.43. The Morgan fingerprint density at radius 1 is 1.30 bits per heavy atom. The third kappa shape index (κ3) is 4.11. The van der Waals surface area contributed by atoms with Crippen LogP contribution in [-0.2, 0) is 4.79 Å². The SMILES string of the molecule is Cc1cc(OC(C)C)ccc1N1C(=O)NC2=C(C(=O)N[C@@H]3CCC[C@H]3O)SC3NCCC1C23. The molecule has 178 valence electrons. The number of benzene rings is 1. The number of aliphatic hydroxyl groups excluding tert-OH is 1. The number of hydrogen-bond acceptors (Lipinski definition) is 6. The van der Waals surface area contributed by atoms with Gasteiger partial charge in [-0.05, 0) is 76.8 Å². The first-order valence-corrected chi connectivity index (χ1v) is 12.7. The Labute approximate surface area is 198 Å². The van der Waals surface area contributed by atoms with Gasteiger partial charge in [0.15, 0.2) is 0 Å². The quantitative estimate of drug-likeness (QED) is 0.525. The molecule has 3 aliphatic heterocycles. The zero-order valence-electron chi connectivity index (χ0n) is 19.3. The fourth-order valence-electron chi connectivity index (χ4n) is 5.49. The van der Waals surface area contributed by atoms with E-state index in [9.17, 15) is 14.7 Å². The molecule has 4 N–H and O–H groups in total. The Kier molecular flexibility index (Phi) is 6.05. The maximum absolute atomic E-state index is 13.4. The number of hydrogen-bond donors (Lipinski definition) is 4. The first kappa shape index (κ1) is 22.6. The fraction of sp³-hybridized carbons (Fsp3) is 0.583. The van der Waals surface area contributed by atoms with Crippen LogP contribution in [0.15, 0.2) is 28.8 Å². The standard InChI is InChI=1S/C24H32N4O4S/c1-12(2)32-14-7-8-16(13(3)11-14)28-17-9-10-25-23-19(17)20(27-24(28)31)21(33-23)22(30)26-15-5-4-6-18(15)29/h7-8,11-12,15,17-19,23,25,29H,4-6,9-10H2,1-3H3,(H,26,30)(H,27,31)/t15-,17?,18-,19?,23?/m1/s1. The average Bonchev–Trinajstić information content (AvgIpc) is 3.33. The molecule has 0 radical (unpaired) electrons. The second kappa shape index (κ2) is 8.85. The maximum Gasteiger partial charge on any atom is 0.326 e. The van der Waals surface area contributed by atoms with Gasteiger partial charge in [-0.2, -0.15) is 0 Å². The van der Waals surface area contributed by atoms with Crippen molar-refractivity contribution in [3.05, 3.63) is 34.4 Å². The van der Waals surface area contributed by atoms with Gasteiger partial charge in [-0.25, -0.2) is 4.79 Å². The Morgan fingerprint density at radius 2 is 2.12 bits per heavy atom. The zero-order chi connectivity index (χ0) is 23.3. The van der Waals surface area contributed by atoms with Crippen LogP contribution in [0.25, 0.3) is 0 Å². The summed E-state index contributed by atoms with van der Waals surface area (Å²) in [6.45, 7) is 6.75. The topological polar surface area (TPSA) is 103 Å². The van der Waals surface area contributed by atoms with E-state index in [0.29, 0.717) is 17.0 Å². The van der Waals surface area contributed by atoms with Crippen molar-refractivity contribution in [2.24, 2.45) is 5.92 Å². The van der Waals surface area contributed by atoms with E-state index in [2.05, 4.69) is 16.0 Å². The molecule has 0 aromatic heterocycles. The highest BCUT2D eigenvalue weighted by Gasteiger charge is 2.52. The van der Waals surface area contributed by atoms with E-state index in [1.165, 1.54) is 11.8 Å². The van der Waals surface area contributed by atoms with E-state index in [1.807, 2.05) is 43.9 Å². The van der Waals surface area contributed by atoms with Crippen LogP contribution in [0.2, 0.25) is 0 Å². The van der Waals surface area contributed by atoms with Gasteiger partial charge >= 0.3 is 6.03 Å². The summed E-state index contributed by atoms with van der Waals surface area (Å²) in [6, 6.07) is 5.38. The number of nitrogens with zero attached hydrogens (tertiary/aromatic N) is 1. The molecule has 3 fully saturated rings. The fourth-order valence-corrected chi connectivity index (χ4v) is 6.89. The van der Waals surface area contributed by atoms with E-state index in [4.69, 9.17) is 4.74 Å². The molecule has 1 aromatic rings. The average molecular weight is 473 g/mol. The number of urea groups is 1. The summed E-state index contributed by atoms with van der Waals surface area (Å²) in [5.74, 6) is 0.592. The van der Waals surface area contributed by atoms with Crippen molar-refractivity contribution in [2.75, 3.05) is 11.4 Å². The molecular weight excluding hydrogens is 440 g/mol. The van der Waals surface area contributed by atoms with E-state index < -0.39 is 6.10 Å². The Hall–Kier alpha value is -2.23. The van der Waals surface area contributed by atoms with Crippen LogP contribution in [0.3, 0.4) is 0 Å². The molecule has 3 unspecified atom stereocenters. The van der Waals surface area contributed by atoms with Crippen molar-refractivity contribution < 1.29 is 19.4 Å². The third-order valence-corrected chi connectivity index (χ3v) is 8.30. The molecule has 33 heavy (non-hydrogen) atoms. The lowest BCUT2D eigenvalue weighted by Gasteiger charge is -2.46. The number of rotatable bonds is 5. The molecule has 1 aromatic carbocycles. The van der Waals surface area contributed by atoms with E-state index in [-0.39, 0.29) is 41.4 Å². The molecule has 0 spiro atoms. The summed E-state index contributed by atoms with van der Waals surface area (Å²) in [5.41, 5.74) is 2.56. The molecule has 0 bridgehead atoms. The number of piperidine rings is 1. The van der Waals surface area contributed by atoms with Crippen LogP contribution >= 0.6 is 11.8 Å². The Morgan fingerprint density at radius 3 is 2.82 bits per heavy atom. The number of carbonyl (C=O) groups is 2. The summed E-state index contributed by atoms with van der Waals surface area (Å²) in [7, 11) is 0. The van der Waals surface area contributed by atoms with Gasteiger partial charge in [0.2, 0.25) is 0 Å². The van der Waals surface area contributed by atoms with Crippen LogP contribution in [0.5, 0.6) is 5.75 Å². The number of aliphatic hydroxyl groups is 1. The molecule has 5 atom stereocenters. The van der Waals surface area contributed by atoms with Gasteiger partial charge in [0.05, 0.1) is 34.6 Å². The monoisotopic (exact) mass is 472 g/mol. The van der Waals surface area contributed by atoms with E-state index in [0.717, 1.165) is 42.8 Å². The van der Waals surface area contributed by atoms with Gasteiger partial charge in [0, 0.05) is 17.3 Å². The maximum atomic E-state index is 13.4. The summed E-state index contributed by atoms with van der Waals surface area (Å²) < 4.78 is 5.82. The van der Waals surface area contributed by atoms with Gasteiger partial charge in [0.1, 0.15) is 5.75 Å². The molecule has 8 nitrogen and oxygen atoms in total. The van der Waals surface area contributed by atoms with Crippen LogP contribution in [0.4, 0.5) is 10.5 Å². The van der Waals surface area contributed by atoms with Crippen molar-refractivity contribution in [3.8, 4) is 5.75 Å². The molecule has 5 rings (SSSR count). The lowest BCUT2D eigenvalue weighted by atomic mass is 9.86. The first-order chi connectivity index (χ1) is 15.8. The largest absolute Gasteiger partial charge is 0.491 e. The predicted molar refractivity (Wildman–Crippen MR) is 128 cm³/mol. The minimum atomic E-state index is -0.499. The number of ether oxygens (including phenoxy) is 1. The molecule has 1 aliphatic carbocycles. The third-order valence-electron chi connectivity index (χ3n) is 6.94. The first-order valence-electron chi connectivity index (χ1n) is 11.8. The minimum Gasteiger partial charge on any atom is -0.491 e. The van der Waals surface area contributed by atoms with Gasteiger partial charge in [-0.1, -0.05) is 11.8 Å².